The number of carbonyl (C=O) groups excluding carboxylic acids is 2. The number of nitrogens with zero attached hydrogens (tertiary/aromatic N) is 1. The summed E-state index contributed by atoms with van der Waals surface area (Å²) in [5.41, 5.74) is 0. The van der Waals surface area contributed by atoms with Crippen LogP contribution in [0.5, 0.6) is 0 Å². The maximum absolute atomic E-state index is 11.7. The van der Waals surface area contributed by atoms with Crippen molar-refractivity contribution in [2.45, 2.75) is 45.6 Å². The minimum absolute atomic E-state index is 0.107. The molecule has 0 spiro atoms. The summed E-state index contributed by atoms with van der Waals surface area (Å²) in [6.07, 6.45) is 4.94. The first-order valence-corrected chi connectivity index (χ1v) is 6.62. The third-order valence-corrected chi connectivity index (χ3v) is 3.32. The van der Waals surface area contributed by atoms with Crippen molar-refractivity contribution in [3.8, 4) is 0 Å². The standard InChI is InChI=1S/C13H24N2O2/c1-3-4-11(2)14-13(17)9-15-7-5-12(10-16)6-8-15/h10-12H,3-9H2,1-2H3,(H,14,17). The van der Waals surface area contributed by atoms with Crippen molar-refractivity contribution >= 4 is 12.2 Å². The molecule has 1 aliphatic rings. The van der Waals surface area contributed by atoms with Crippen LogP contribution in [0.15, 0.2) is 0 Å². The Morgan fingerprint density at radius 3 is 2.65 bits per heavy atom. The van der Waals surface area contributed by atoms with Gasteiger partial charge in [-0.05, 0) is 39.3 Å². The van der Waals surface area contributed by atoms with E-state index in [9.17, 15) is 9.59 Å². The van der Waals surface area contributed by atoms with Crippen molar-refractivity contribution < 1.29 is 9.59 Å². The average molecular weight is 240 g/mol. The summed E-state index contributed by atoms with van der Waals surface area (Å²) in [4.78, 5) is 24.5. The zero-order chi connectivity index (χ0) is 12.7. The molecule has 0 aromatic rings. The summed E-state index contributed by atoms with van der Waals surface area (Å²) >= 11 is 0. The van der Waals surface area contributed by atoms with E-state index in [0.717, 1.165) is 45.1 Å². The van der Waals surface area contributed by atoms with Gasteiger partial charge in [-0.1, -0.05) is 13.3 Å². The van der Waals surface area contributed by atoms with Crippen molar-refractivity contribution in [2.24, 2.45) is 5.92 Å². The van der Waals surface area contributed by atoms with E-state index in [2.05, 4.69) is 17.1 Å². The molecular formula is C13H24N2O2. The summed E-state index contributed by atoms with van der Waals surface area (Å²) in [6.45, 7) is 6.35. The Balaban J connectivity index is 2.21. The number of hydrogen-bond donors (Lipinski definition) is 1. The highest BCUT2D eigenvalue weighted by atomic mass is 16.2. The molecule has 17 heavy (non-hydrogen) atoms. The van der Waals surface area contributed by atoms with E-state index in [1.165, 1.54) is 0 Å². The second kappa shape index (κ2) is 7.43. The summed E-state index contributed by atoms with van der Waals surface area (Å²) in [5.74, 6) is 0.309. The minimum Gasteiger partial charge on any atom is -0.353 e. The third-order valence-electron chi connectivity index (χ3n) is 3.32. The van der Waals surface area contributed by atoms with Crippen LogP contribution in [-0.4, -0.2) is 42.8 Å². The number of carbonyl (C=O) groups is 2. The number of likely N-dealkylation sites (tertiary alicyclic amines) is 1. The van der Waals surface area contributed by atoms with Gasteiger partial charge in [-0.3, -0.25) is 9.69 Å². The van der Waals surface area contributed by atoms with Gasteiger partial charge in [0.15, 0.2) is 0 Å². The Bertz CT molecular complexity index is 248. The first-order valence-electron chi connectivity index (χ1n) is 6.62. The molecule has 1 saturated heterocycles. The van der Waals surface area contributed by atoms with Gasteiger partial charge in [0.1, 0.15) is 6.29 Å². The number of aldehydes is 1. The molecule has 1 aliphatic heterocycles. The molecule has 0 radical (unpaired) electrons. The number of hydrogen-bond acceptors (Lipinski definition) is 3. The van der Waals surface area contributed by atoms with E-state index in [1.807, 2.05) is 6.92 Å². The lowest BCUT2D eigenvalue weighted by atomic mass is 9.99. The van der Waals surface area contributed by atoms with Gasteiger partial charge in [0.05, 0.1) is 6.54 Å². The van der Waals surface area contributed by atoms with Crippen LogP contribution >= 0.6 is 0 Å². The van der Waals surface area contributed by atoms with Crippen LogP contribution in [0.3, 0.4) is 0 Å². The quantitative estimate of drug-likeness (QED) is 0.710. The first-order chi connectivity index (χ1) is 8.15. The largest absolute Gasteiger partial charge is 0.353 e. The van der Waals surface area contributed by atoms with Gasteiger partial charge in [0.25, 0.3) is 0 Å². The average Bonchev–Trinajstić information content (AvgIpc) is 2.30. The topological polar surface area (TPSA) is 49.4 Å². The molecule has 4 nitrogen and oxygen atoms in total. The number of nitrogens with one attached hydrogen (secondary N) is 1. The molecule has 1 amide bonds. The van der Waals surface area contributed by atoms with Crippen molar-refractivity contribution in [2.75, 3.05) is 19.6 Å². The van der Waals surface area contributed by atoms with Crippen molar-refractivity contribution in [3.63, 3.8) is 0 Å². The fraction of sp³-hybridized carbons (Fsp3) is 0.846. The predicted octanol–water partition coefficient (Wildman–Crippen LogP) is 1.20. The van der Waals surface area contributed by atoms with E-state index in [0.29, 0.717) is 6.54 Å². The lowest BCUT2D eigenvalue weighted by Gasteiger charge is -2.29. The van der Waals surface area contributed by atoms with Gasteiger partial charge < -0.3 is 10.1 Å². The fourth-order valence-corrected chi connectivity index (χ4v) is 2.28. The Labute approximate surface area is 104 Å². The highest BCUT2D eigenvalue weighted by Gasteiger charge is 2.20. The van der Waals surface area contributed by atoms with E-state index in [4.69, 9.17) is 0 Å². The molecule has 0 bridgehead atoms. The Kier molecular flexibility index (Phi) is 6.19. The van der Waals surface area contributed by atoms with Gasteiger partial charge in [0, 0.05) is 12.0 Å². The normalized spacial score (nSPS) is 19.9. The van der Waals surface area contributed by atoms with Crippen LogP contribution in [0.25, 0.3) is 0 Å². The van der Waals surface area contributed by atoms with Crippen molar-refractivity contribution in [1.29, 1.82) is 0 Å². The molecule has 1 fully saturated rings. The van der Waals surface area contributed by atoms with Gasteiger partial charge >= 0.3 is 0 Å². The monoisotopic (exact) mass is 240 g/mol. The van der Waals surface area contributed by atoms with Crippen LogP contribution in [0.1, 0.15) is 39.5 Å². The van der Waals surface area contributed by atoms with Crippen LogP contribution in [0, 0.1) is 5.92 Å². The molecule has 0 aromatic carbocycles. The molecule has 1 N–H and O–H groups in total. The predicted molar refractivity (Wildman–Crippen MR) is 67.7 cm³/mol. The Hall–Kier alpha value is -0.900. The number of rotatable bonds is 6. The summed E-state index contributed by atoms with van der Waals surface area (Å²) < 4.78 is 0. The van der Waals surface area contributed by atoms with E-state index >= 15 is 0 Å². The molecule has 1 heterocycles. The lowest BCUT2D eigenvalue weighted by Crippen LogP contribution is -2.44. The molecule has 0 aromatic heterocycles. The summed E-state index contributed by atoms with van der Waals surface area (Å²) in [5, 5.41) is 3.00. The van der Waals surface area contributed by atoms with Crippen LogP contribution < -0.4 is 5.32 Å². The van der Waals surface area contributed by atoms with Crippen LogP contribution in [-0.2, 0) is 9.59 Å². The van der Waals surface area contributed by atoms with E-state index < -0.39 is 0 Å². The Morgan fingerprint density at radius 2 is 2.12 bits per heavy atom. The second-order valence-electron chi connectivity index (χ2n) is 5.01. The Morgan fingerprint density at radius 1 is 1.47 bits per heavy atom. The zero-order valence-electron chi connectivity index (χ0n) is 10.9. The summed E-state index contributed by atoms with van der Waals surface area (Å²) in [7, 11) is 0. The van der Waals surface area contributed by atoms with Crippen molar-refractivity contribution in [1.82, 2.24) is 10.2 Å². The summed E-state index contributed by atoms with van der Waals surface area (Å²) in [6, 6.07) is 0.264. The molecule has 1 atom stereocenters. The molecule has 0 saturated carbocycles. The lowest BCUT2D eigenvalue weighted by molar-refractivity contribution is -0.123. The highest BCUT2D eigenvalue weighted by Crippen LogP contribution is 2.14. The van der Waals surface area contributed by atoms with E-state index in [-0.39, 0.29) is 17.9 Å². The van der Waals surface area contributed by atoms with Crippen LogP contribution in [0.2, 0.25) is 0 Å². The molecular weight excluding hydrogens is 216 g/mol. The smallest absolute Gasteiger partial charge is 0.234 e. The maximum Gasteiger partial charge on any atom is 0.234 e. The molecule has 4 heteroatoms. The maximum atomic E-state index is 11.7. The SMILES string of the molecule is CCCC(C)NC(=O)CN1CCC(C=O)CC1. The molecule has 98 valence electrons. The molecule has 0 aliphatic carbocycles. The van der Waals surface area contributed by atoms with Gasteiger partial charge in [-0.15, -0.1) is 0 Å². The second-order valence-corrected chi connectivity index (χ2v) is 5.01. The van der Waals surface area contributed by atoms with Gasteiger partial charge in [-0.25, -0.2) is 0 Å². The van der Waals surface area contributed by atoms with E-state index in [1.54, 1.807) is 0 Å². The van der Waals surface area contributed by atoms with Gasteiger partial charge in [0.2, 0.25) is 5.91 Å². The number of amides is 1. The minimum atomic E-state index is 0.107. The van der Waals surface area contributed by atoms with Crippen molar-refractivity contribution in [3.05, 3.63) is 0 Å². The highest BCUT2D eigenvalue weighted by molar-refractivity contribution is 5.78. The fourth-order valence-electron chi connectivity index (χ4n) is 2.28. The van der Waals surface area contributed by atoms with Gasteiger partial charge in [-0.2, -0.15) is 0 Å². The first kappa shape index (κ1) is 14.2. The molecule has 1 unspecified atom stereocenters. The number of piperidine rings is 1. The molecule has 1 rings (SSSR count). The van der Waals surface area contributed by atoms with Crippen LogP contribution in [0.4, 0.5) is 0 Å². The zero-order valence-corrected chi connectivity index (χ0v) is 10.9. The third kappa shape index (κ3) is 5.31.